The smallest absolute Gasteiger partial charge is 0.260 e. The molecule has 0 aliphatic carbocycles. The van der Waals surface area contributed by atoms with Crippen molar-refractivity contribution in [3.8, 4) is 22.8 Å². The van der Waals surface area contributed by atoms with Gasteiger partial charge in [0.1, 0.15) is 17.6 Å². The van der Waals surface area contributed by atoms with E-state index < -0.39 is 18.5 Å². The lowest BCUT2D eigenvalue weighted by Gasteiger charge is -2.37. The van der Waals surface area contributed by atoms with Gasteiger partial charge < -0.3 is 14.0 Å². The minimum absolute atomic E-state index is 0.0728. The zero-order valence-electron chi connectivity index (χ0n) is 19.2. The average Bonchev–Trinajstić information content (AvgIpc) is 3.54. The van der Waals surface area contributed by atoms with Crippen molar-refractivity contribution in [3.05, 3.63) is 47.3 Å². The topological polar surface area (TPSA) is 95.5 Å². The normalized spacial score (nSPS) is 19.0. The third-order valence-corrected chi connectivity index (χ3v) is 6.38. The van der Waals surface area contributed by atoms with E-state index in [0.717, 1.165) is 0 Å². The lowest BCUT2D eigenvalue weighted by molar-refractivity contribution is 0.0609. The van der Waals surface area contributed by atoms with Gasteiger partial charge in [0.2, 0.25) is 6.79 Å². The van der Waals surface area contributed by atoms with Crippen molar-refractivity contribution in [3.63, 3.8) is 0 Å². The summed E-state index contributed by atoms with van der Waals surface area (Å²) in [6.07, 6.45) is -2.53. The summed E-state index contributed by atoms with van der Waals surface area (Å²) in [7, 11) is 0. The number of halogens is 2. The van der Waals surface area contributed by atoms with Crippen LogP contribution in [0.15, 0.2) is 34.9 Å². The van der Waals surface area contributed by atoms with E-state index in [-0.39, 0.29) is 24.8 Å². The Hall–Kier alpha value is -4.02. The summed E-state index contributed by atoms with van der Waals surface area (Å²) < 4.78 is 45.2. The number of alkyl halides is 2. The molecule has 1 aromatic carbocycles. The van der Waals surface area contributed by atoms with Crippen LogP contribution in [0.2, 0.25) is 0 Å². The summed E-state index contributed by atoms with van der Waals surface area (Å²) >= 11 is 0. The van der Waals surface area contributed by atoms with Gasteiger partial charge in [-0.15, -0.1) is 0 Å². The number of pyridine rings is 1. The molecule has 2 atom stereocenters. The molecule has 0 radical (unpaired) electrons. The lowest BCUT2D eigenvalue weighted by Crippen LogP contribution is -2.46. The Balaban J connectivity index is 1.50. The number of nitrogens with zero attached hydrogens (tertiary/aromatic N) is 5. The van der Waals surface area contributed by atoms with Crippen molar-refractivity contribution < 1.29 is 27.6 Å². The molecule has 0 saturated carbocycles. The van der Waals surface area contributed by atoms with Crippen molar-refractivity contribution in [2.45, 2.75) is 45.7 Å². The van der Waals surface area contributed by atoms with Gasteiger partial charge in [-0.25, -0.2) is 18.4 Å². The molecule has 1 amide bonds. The minimum atomic E-state index is -2.60. The standard InChI is InChI=1S/C24H21F2N5O4/c1-11-6-15(24(32)30-13(3)8-16(22(25)26)31-19(30)7-12(2)28-31)20-21(29-35-23(20)27-11)14-4-5-17-18(9-14)34-10-33-17/h4-7,9,13,16,22H,8,10H2,1-3H3. The van der Waals surface area contributed by atoms with Crippen LogP contribution in [0.5, 0.6) is 11.5 Å². The summed E-state index contributed by atoms with van der Waals surface area (Å²) in [6.45, 7) is 5.35. The second-order valence-electron chi connectivity index (χ2n) is 8.84. The Morgan fingerprint density at radius 1 is 1.11 bits per heavy atom. The van der Waals surface area contributed by atoms with Crippen LogP contribution in [0, 0.1) is 13.8 Å². The lowest BCUT2D eigenvalue weighted by atomic mass is 10.00. The molecule has 35 heavy (non-hydrogen) atoms. The van der Waals surface area contributed by atoms with Crippen LogP contribution in [0.3, 0.4) is 0 Å². The van der Waals surface area contributed by atoms with E-state index >= 15 is 0 Å². The van der Waals surface area contributed by atoms with E-state index in [2.05, 4.69) is 15.2 Å². The van der Waals surface area contributed by atoms with Crippen LogP contribution in [-0.4, -0.2) is 45.1 Å². The second-order valence-corrected chi connectivity index (χ2v) is 8.84. The van der Waals surface area contributed by atoms with Gasteiger partial charge in [-0.05, 0) is 51.5 Å². The molecular weight excluding hydrogens is 460 g/mol. The Morgan fingerprint density at radius 3 is 2.71 bits per heavy atom. The zero-order chi connectivity index (χ0) is 24.4. The van der Waals surface area contributed by atoms with Gasteiger partial charge in [-0.3, -0.25) is 9.69 Å². The molecule has 3 aromatic heterocycles. The maximum Gasteiger partial charge on any atom is 0.260 e. The maximum atomic E-state index is 14.0. The highest BCUT2D eigenvalue weighted by molar-refractivity contribution is 6.16. The molecule has 11 heteroatoms. The molecule has 4 aromatic rings. The molecule has 0 bridgehead atoms. The number of ether oxygens (including phenoxy) is 2. The first-order valence-corrected chi connectivity index (χ1v) is 11.2. The van der Waals surface area contributed by atoms with Crippen LogP contribution in [0.25, 0.3) is 22.4 Å². The molecule has 2 aliphatic heterocycles. The monoisotopic (exact) mass is 481 g/mol. The van der Waals surface area contributed by atoms with Gasteiger partial charge in [0.05, 0.1) is 16.6 Å². The number of hydrogen-bond acceptors (Lipinski definition) is 7. The Labute approximate surface area is 198 Å². The molecule has 2 aliphatic rings. The molecule has 5 heterocycles. The molecule has 0 saturated heterocycles. The zero-order valence-corrected chi connectivity index (χ0v) is 19.2. The van der Waals surface area contributed by atoms with Gasteiger partial charge in [0.15, 0.2) is 11.5 Å². The Kier molecular flexibility index (Phi) is 4.77. The number of hydrogen-bond donors (Lipinski definition) is 0. The van der Waals surface area contributed by atoms with Gasteiger partial charge in [-0.2, -0.15) is 5.10 Å². The molecule has 0 fully saturated rings. The summed E-state index contributed by atoms with van der Waals surface area (Å²) in [5, 5.41) is 8.89. The highest BCUT2D eigenvalue weighted by atomic mass is 19.3. The third-order valence-electron chi connectivity index (χ3n) is 6.38. The van der Waals surface area contributed by atoms with E-state index in [4.69, 9.17) is 14.0 Å². The molecule has 0 N–H and O–H groups in total. The largest absolute Gasteiger partial charge is 0.454 e. The first-order valence-electron chi connectivity index (χ1n) is 11.2. The van der Waals surface area contributed by atoms with Gasteiger partial charge in [-0.1, -0.05) is 5.16 Å². The summed E-state index contributed by atoms with van der Waals surface area (Å²) in [5.41, 5.74) is 2.73. The molecule has 180 valence electrons. The first-order chi connectivity index (χ1) is 16.8. The van der Waals surface area contributed by atoms with Crippen molar-refractivity contribution in [2.24, 2.45) is 0 Å². The van der Waals surface area contributed by atoms with Crippen LogP contribution < -0.4 is 14.4 Å². The summed E-state index contributed by atoms with van der Waals surface area (Å²) in [6, 6.07) is 7.06. The van der Waals surface area contributed by atoms with Crippen molar-refractivity contribution >= 4 is 22.8 Å². The van der Waals surface area contributed by atoms with Crippen LogP contribution >= 0.6 is 0 Å². The average molecular weight is 481 g/mol. The van der Waals surface area contributed by atoms with Crippen molar-refractivity contribution in [1.29, 1.82) is 0 Å². The number of anilines is 1. The number of amides is 1. The third kappa shape index (κ3) is 3.33. The number of aryl methyl sites for hydroxylation is 2. The van der Waals surface area contributed by atoms with Gasteiger partial charge in [0.25, 0.3) is 18.0 Å². The molecule has 9 nitrogen and oxygen atoms in total. The van der Waals surface area contributed by atoms with Crippen LogP contribution in [0.4, 0.5) is 14.6 Å². The Bertz CT molecular complexity index is 1480. The highest BCUT2D eigenvalue weighted by Crippen LogP contribution is 2.40. The number of aromatic nitrogens is 4. The van der Waals surface area contributed by atoms with Crippen LogP contribution in [-0.2, 0) is 0 Å². The summed E-state index contributed by atoms with van der Waals surface area (Å²) in [5.74, 6) is 1.15. The predicted molar refractivity (Wildman–Crippen MR) is 121 cm³/mol. The fourth-order valence-corrected chi connectivity index (χ4v) is 4.83. The fraction of sp³-hybridized carbons (Fsp3) is 0.333. The molecule has 0 spiro atoms. The molecule has 6 rings (SSSR count). The van der Waals surface area contributed by atoms with Crippen molar-refractivity contribution in [2.75, 3.05) is 11.7 Å². The fourth-order valence-electron chi connectivity index (χ4n) is 4.83. The molecule has 2 unspecified atom stereocenters. The van der Waals surface area contributed by atoms with Crippen LogP contribution in [0.1, 0.15) is 41.1 Å². The minimum Gasteiger partial charge on any atom is -0.454 e. The number of carbonyl (C=O) groups excluding carboxylic acids is 1. The first kappa shape index (κ1) is 21.5. The van der Waals surface area contributed by atoms with Crippen molar-refractivity contribution in [1.82, 2.24) is 19.9 Å². The SMILES string of the molecule is Cc1cc(C(=O)N2c3cc(C)nn3C(C(F)F)CC2C)c2c(-c3ccc4c(c3)OCO4)noc2n1. The van der Waals surface area contributed by atoms with Gasteiger partial charge in [0, 0.05) is 23.4 Å². The number of fused-ring (bicyclic) bond motifs is 3. The van der Waals surface area contributed by atoms with E-state index in [0.29, 0.717) is 50.9 Å². The van der Waals surface area contributed by atoms with E-state index in [1.54, 1.807) is 51.1 Å². The maximum absolute atomic E-state index is 14.0. The predicted octanol–water partition coefficient (Wildman–Crippen LogP) is 4.68. The van der Waals surface area contributed by atoms with E-state index in [1.165, 1.54) is 9.58 Å². The van der Waals surface area contributed by atoms with E-state index in [1.807, 2.05) is 0 Å². The van der Waals surface area contributed by atoms with E-state index in [9.17, 15) is 13.6 Å². The number of carbonyl (C=O) groups is 1. The quantitative estimate of drug-likeness (QED) is 0.419. The molecular formula is C24H21F2N5O4. The highest BCUT2D eigenvalue weighted by Gasteiger charge is 2.40. The number of rotatable bonds is 3. The van der Waals surface area contributed by atoms with Gasteiger partial charge >= 0.3 is 0 Å². The second kappa shape index (κ2) is 7.76. The number of benzene rings is 1. The summed E-state index contributed by atoms with van der Waals surface area (Å²) in [4.78, 5) is 20.0. The Morgan fingerprint density at radius 2 is 1.91 bits per heavy atom.